The van der Waals surface area contributed by atoms with Crippen LogP contribution in [0.15, 0.2) is 59.6 Å². The number of carboxylic acids is 1. The fraction of sp³-hybridized carbons (Fsp3) is 0.143. The number of aromatic carboxylic acids is 1. The normalized spacial score (nSPS) is 10.7. The number of nitrogens with zero attached hydrogens (tertiary/aromatic N) is 4. The number of fused-ring (bicyclic) bond motifs is 1. The molecule has 188 valence electrons. The van der Waals surface area contributed by atoms with Crippen molar-refractivity contribution >= 4 is 46.0 Å². The number of benzene rings is 2. The highest BCUT2D eigenvalue weighted by atomic mass is 32.2. The van der Waals surface area contributed by atoms with E-state index in [1.54, 1.807) is 48.5 Å². The fourth-order valence-electron chi connectivity index (χ4n) is 4.06. The van der Waals surface area contributed by atoms with Crippen molar-refractivity contribution < 1.29 is 14.7 Å². The van der Waals surface area contributed by atoms with Crippen LogP contribution in [0.3, 0.4) is 0 Å². The Morgan fingerprint density at radius 1 is 1.05 bits per heavy atom. The Hall–Kier alpha value is -4.93. The zero-order valence-electron chi connectivity index (χ0n) is 20.5. The molecule has 2 aromatic heterocycles. The third kappa shape index (κ3) is 5.26. The zero-order valence-corrected chi connectivity index (χ0v) is 21.3. The fourth-order valence-corrected chi connectivity index (χ4v) is 4.87. The van der Waals surface area contributed by atoms with Gasteiger partial charge in [-0.2, -0.15) is 10.5 Å². The van der Waals surface area contributed by atoms with Crippen molar-refractivity contribution in [2.75, 3.05) is 16.8 Å². The van der Waals surface area contributed by atoms with Gasteiger partial charge in [0.15, 0.2) is 0 Å². The molecule has 1 amide bonds. The number of carbonyl (C=O) groups is 2. The van der Waals surface area contributed by atoms with E-state index in [2.05, 4.69) is 21.4 Å². The summed E-state index contributed by atoms with van der Waals surface area (Å²) >= 11 is 1.07. The molecule has 4 rings (SSSR count). The smallest absolute Gasteiger partial charge is 0.336 e. The van der Waals surface area contributed by atoms with Gasteiger partial charge >= 0.3 is 5.97 Å². The van der Waals surface area contributed by atoms with Crippen molar-refractivity contribution in [1.82, 2.24) is 9.97 Å². The van der Waals surface area contributed by atoms with Gasteiger partial charge in [-0.1, -0.05) is 55.9 Å². The van der Waals surface area contributed by atoms with Crippen LogP contribution in [0, 0.1) is 22.7 Å². The van der Waals surface area contributed by atoms with Gasteiger partial charge in [-0.3, -0.25) is 4.79 Å². The molecule has 0 spiro atoms. The number of anilines is 2. The van der Waals surface area contributed by atoms with Gasteiger partial charge in [-0.15, -0.1) is 0 Å². The Morgan fingerprint density at radius 2 is 1.74 bits per heavy atom. The lowest BCUT2D eigenvalue weighted by Crippen LogP contribution is -2.15. The molecule has 0 atom stereocenters. The summed E-state index contributed by atoms with van der Waals surface area (Å²) in [5, 5.41) is 32.4. The summed E-state index contributed by atoms with van der Waals surface area (Å²) in [7, 11) is 0. The number of pyridine rings is 2. The van der Waals surface area contributed by atoms with E-state index in [1.807, 2.05) is 19.9 Å². The number of hydrogen-bond donors (Lipinski definition) is 3. The molecule has 9 nitrogen and oxygen atoms in total. The van der Waals surface area contributed by atoms with E-state index in [4.69, 9.17) is 5.73 Å². The molecule has 0 aliphatic heterocycles. The van der Waals surface area contributed by atoms with Gasteiger partial charge in [0.05, 0.1) is 33.7 Å². The van der Waals surface area contributed by atoms with Crippen LogP contribution >= 0.6 is 11.8 Å². The Kier molecular flexibility index (Phi) is 7.56. The molecule has 10 heteroatoms. The van der Waals surface area contributed by atoms with Gasteiger partial charge in [-0.05, 0) is 35.7 Å². The van der Waals surface area contributed by atoms with Crippen molar-refractivity contribution in [3.05, 3.63) is 76.9 Å². The van der Waals surface area contributed by atoms with Gasteiger partial charge in [0, 0.05) is 16.6 Å². The molecule has 0 unspecified atom stereocenters. The third-order valence-electron chi connectivity index (χ3n) is 5.78. The number of amides is 1. The van der Waals surface area contributed by atoms with E-state index in [1.165, 1.54) is 6.07 Å². The monoisotopic (exact) mass is 522 g/mol. The van der Waals surface area contributed by atoms with E-state index < -0.39 is 5.97 Å². The average Bonchev–Trinajstić information content (AvgIpc) is 2.91. The standard InChI is InChI=1S/C28H22N6O3S/c1-15(2)25-20(12-29)26(31)34-27(21(25)13-30)38-14-24(35)32-17-9-7-16(8-10-17)23-11-19(28(36)37)18-5-3-4-6-22(18)33-23/h3-11,15H,14H2,1-2H3,(H2,31,34)(H,32,35)(H,36,37). The maximum atomic E-state index is 12.6. The summed E-state index contributed by atoms with van der Waals surface area (Å²) in [6, 6.07) is 19.6. The number of carboxylic acid groups (broad SMARTS) is 1. The second kappa shape index (κ2) is 11.0. The minimum Gasteiger partial charge on any atom is -0.478 e. The Morgan fingerprint density at radius 3 is 2.37 bits per heavy atom. The number of thioether (sulfide) groups is 1. The molecule has 2 aromatic carbocycles. The number of aromatic nitrogens is 2. The molecule has 0 bridgehead atoms. The van der Waals surface area contributed by atoms with Crippen LogP contribution in [-0.4, -0.2) is 32.7 Å². The number of nitriles is 2. The van der Waals surface area contributed by atoms with E-state index in [-0.39, 0.29) is 40.1 Å². The van der Waals surface area contributed by atoms with Crippen LogP contribution in [0.4, 0.5) is 11.5 Å². The van der Waals surface area contributed by atoms with E-state index >= 15 is 0 Å². The number of nitrogen functional groups attached to an aromatic ring is 1. The molecule has 0 fully saturated rings. The average molecular weight is 523 g/mol. The lowest BCUT2D eigenvalue weighted by atomic mass is 9.94. The molecule has 2 heterocycles. The van der Waals surface area contributed by atoms with Gasteiger partial charge in [0.2, 0.25) is 5.91 Å². The van der Waals surface area contributed by atoms with Crippen LogP contribution in [0.1, 0.15) is 46.8 Å². The minimum absolute atomic E-state index is 0.0273. The number of carbonyl (C=O) groups excluding carboxylic acids is 1. The second-order valence-electron chi connectivity index (χ2n) is 8.64. The van der Waals surface area contributed by atoms with E-state index in [9.17, 15) is 25.2 Å². The third-order valence-corrected chi connectivity index (χ3v) is 6.76. The van der Waals surface area contributed by atoms with Crippen LogP contribution < -0.4 is 11.1 Å². The zero-order chi connectivity index (χ0) is 27.4. The summed E-state index contributed by atoms with van der Waals surface area (Å²) in [5.41, 5.74) is 9.37. The SMILES string of the molecule is CC(C)c1c(C#N)c(N)nc(SCC(=O)Nc2ccc(-c3cc(C(=O)O)c4ccccc4n3)cc2)c1C#N. The first kappa shape index (κ1) is 26.1. The summed E-state index contributed by atoms with van der Waals surface area (Å²) < 4.78 is 0. The Bertz CT molecular complexity index is 1650. The lowest BCUT2D eigenvalue weighted by molar-refractivity contribution is -0.113. The molecule has 4 N–H and O–H groups in total. The van der Waals surface area contributed by atoms with Gasteiger partial charge in [-0.25, -0.2) is 14.8 Å². The number of para-hydroxylation sites is 1. The molecule has 0 saturated heterocycles. The van der Waals surface area contributed by atoms with E-state index in [0.717, 1.165) is 11.8 Å². The maximum absolute atomic E-state index is 12.6. The van der Waals surface area contributed by atoms with Crippen molar-refractivity contribution in [1.29, 1.82) is 10.5 Å². The van der Waals surface area contributed by atoms with Gasteiger partial charge in [0.1, 0.15) is 23.0 Å². The molecule has 4 aromatic rings. The number of nitrogens with one attached hydrogen (secondary N) is 1. The first-order valence-electron chi connectivity index (χ1n) is 11.5. The minimum atomic E-state index is -1.04. The molecule has 38 heavy (non-hydrogen) atoms. The number of hydrogen-bond acceptors (Lipinski definition) is 8. The van der Waals surface area contributed by atoms with Crippen LogP contribution in [0.2, 0.25) is 0 Å². The second-order valence-corrected chi connectivity index (χ2v) is 9.60. The molecule has 0 saturated carbocycles. The topological polar surface area (TPSA) is 166 Å². The summed E-state index contributed by atoms with van der Waals surface area (Å²) in [5.74, 6) is -1.48. The Balaban J connectivity index is 1.50. The molecular weight excluding hydrogens is 500 g/mol. The van der Waals surface area contributed by atoms with Gasteiger partial charge in [0.25, 0.3) is 0 Å². The highest BCUT2D eigenvalue weighted by Gasteiger charge is 2.22. The summed E-state index contributed by atoms with van der Waals surface area (Å²) in [6.07, 6.45) is 0. The molecule has 0 aliphatic carbocycles. The predicted octanol–water partition coefficient (Wildman–Crippen LogP) is 5.17. The quantitative estimate of drug-likeness (QED) is 0.277. The molecular formula is C28H22N6O3S. The van der Waals surface area contributed by atoms with Crippen molar-refractivity contribution in [3.63, 3.8) is 0 Å². The first-order valence-corrected chi connectivity index (χ1v) is 12.5. The predicted molar refractivity (Wildman–Crippen MR) is 146 cm³/mol. The highest BCUT2D eigenvalue weighted by molar-refractivity contribution is 8.00. The maximum Gasteiger partial charge on any atom is 0.336 e. The first-order chi connectivity index (χ1) is 18.2. The van der Waals surface area contributed by atoms with Crippen LogP contribution in [0.5, 0.6) is 0 Å². The van der Waals surface area contributed by atoms with Gasteiger partial charge < -0.3 is 16.2 Å². The molecule has 0 aliphatic rings. The lowest BCUT2D eigenvalue weighted by Gasteiger charge is -2.15. The summed E-state index contributed by atoms with van der Waals surface area (Å²) in [6.45, 7) is 3.72. The highest BCUT2D eigenvalue weighted by Crippen LogP contribution is 2.33. The number of nitrogens with two attached hydrogens (primary N) is 1. The molecule has 0 radical (unpaired) electrons. The van der Waals surface area contributed by atoms with Crippen LogP contribution in [-0.2, 0) is 4.79 Å². The Labute approximate surface area is 223 Å². The summed E-state index contributed by atoms with van der Waals surface area (Å²) in [4.78, 5) is 33.2. The number of rotatable bonds is 7. The van der Waals surface area contributed by atoms with Crippen molar-refractivity contribution in [3.8, 4) is 23.4 Å². The largest absolute Gasteiger partial charge is 0.478 e. The van der Waals surface area contributed by atoms with Crippen molar-refractivity contribution in [2.45, 2.75) is 24.8 Å². The van der Waals surface area contributed by atoms with Crippen molar-refractivity contribution in [2.24, 2.45) is 0 Å². The van der Waals surface area contributed by atoms with E-state index in [0.29, 0.717) is 38.4 Å². The van der Waals surface area contributed by atoms with Crippen LogP contribution in [0.25, 0.3) is 22.2 Å².